The third-order valence-corrected chi connectivity index (χ3v) is 6.71. The molecule has 1 aromatic heterocycles. The van der Waals surface area contributed by atoms with Gasteiger partial charge in [-0.25, -0.2) is 9.78 Å². The molecular formula is C24H19ClN2O5S. The van der Waals surface area contributed by atoms with E-state index in [1.807, 2.05) is 6.92 Å². The van der Waals surface area contributed by atoms with Gasteiger partial charge in [-0.1, -0.05) is 64.9 Å². The average Bonchev–Trinajstić information content (AvgIpc) is 3.31. The van der Waals surface area contributed by atoms with Crippen LogP contribution in [-0.2, 0) is 14.3 Å². The minimum atomic E-state index is -0.959. The third-order valence-electron chi connectivity index (χ3n) is 5.32. The van der Waals surface area contributed by atoms with Crippen molar-refractivity contribution in [1.29, 1.82) is 0 Å². The Morgan fingerprint density at radius 2 is 1.73 bits per heavy atom. The molecule has 2 heterocycles. The summed E-state index contributed by atoms with van der Waals surface area (Å²) in [6.07, 6.45) is 0. The molecule has 1 unspecified atom stereocenters. The zero-order valence-corrected chi connectivity index (χ0v) is 19.5. The smallest absolute Gasteiger partial charge is 0.350 e. The molecule has 0 saturated carbocycles. The van der Waals surface area contributed by atoms with Gasteiger partial charge in [0.1, 0.15) is 10.6 Å². The van der Waals surface area contributed by atoms with Crippen LogP contribution in [0.15, 0.2) is 54.1 Å². The lowest BCUT2D eigenvalue weighted by Crippen LogP contribution is -2.29. The highest BCUT2D eigenvalue weighted by atomic mass is 35.5. The first kappa shape index (κ1) is 22.7. The van der Waals surface area contributed by atoms with Crippen LogP contribution in [0.25, 0.3) is 5.76 Å². The fourth-order valence-electron chi connectivity index (χ4n) is 3.62. The monoisotopic (exact) mass is 482 g/mol. The number of amides is 1. The Labute approximate surface area is 198 Å². The van der Waals surface area contributed by atoms with Crippen LogP contribution in [0.4, 0.5) is 5.13 Å². The van der Waals surface area contributed by atoms with E-state index >= 15 is 0 Å². The summed E-state index contributed by atoms with van der Waals surface area (Å²) in [4.78, 5) is 44.2. The van der Waals surface area contributed by atoms with Gasteiger partial charge in [0.05, 0.1) is 24.4 Å². The minimum absolute atomic E-state index is 0.0707. The molecular weight excluding hydrogens is 464 g/mol. The first-order chi connectivity index (χ1) is 15.7. The van der Waals surface area contributed by atoms with Gasteiger partial charge in [0, 0.05) is 10.6 Å². The summed E-state index contributed by atoms with van der Waals surface area (Å²) in [6.45, 7) is 3.52. The number of ether oxygens (including phenoxy) is 1. The quantitative estimate of drug-likeness (QED) is 0.248. The molecule has 4 rings (SSSR count). The maximum atomic E-state index is 13.2. The molecule has 0 spiro atoms. The number of hydrogen-bond donors (Lipinski definition) is 1. The number of nitrogens with zero attached hydrogens (tertiary/aromatic N) is 2. The maximum absolute atomic E-state index is 13.2. The van der Waals surface area contributed by atoms with Crippen LogP contribution >= 0.6 is 22.9 Å². The van der Waals surface area contributed by atoms with E-state index in [9.17, 15) is 19.5 Å². The molecule has 7 nitrogen and oxygen atoms in total. The van der Waals surface area contributed by atoms with E-state index in [1.165, 1.54) is 12.0 Å². The Kier molecular flexibility index (Phi) is 6.05. The molecule has 1 aliphatic rings. The van der Waals surface area contributed by atoms with Crippen LogP contribution in [0.3, 0.4) is 0 Å². The molecule has 33 heavy (non-hydrogen) atoms. The Balaban J connectivity index is 1.93. The van der Waals surface area contributed by atoms with Crippen molar-refractivity contribution in [2.24, 2.45) is 0 Å². The summed E-state index contributed by atoms with van der Waals surface area (Å²) in [5.74, 6) is -2.58. The third kappa shape index (κ3) is 4.03. The molecule has 1 N–H and O–H groups in total. The van der Waals surface area contributed by atoms with Crippen LogP contribution in [0.5, 0.6) is 0 Å². The number of carbonyl (C=O) groups excluding carboxylic acids is 3. The molecule has 3 aromatic rings. The van der Waals surface area contributed by atoms with Crippen molar-refractivity contribution >= 4 is 51.5 Å². The molecule has 0 aliphatic carbocycles. The van der Waals surface area contributed by atoms with Gasteiger partial charge in [0.2, 0.25) is 0 Å². The number of methoxy groups -OCH3 is 1. The van der Waals surface area contributed by atoms with Gasteiger partial charge in [-0.2, -0.15) is 0 Å². The Hall–Kier alpha value is -3.49. The van der Waals surface area contributed by atoms with Crippen molar-refractivity contribution < 1.29 is 24.2 Å². The number of ketones is 1. The number of Topliss-reactive ketones (excluding diaryl/α,β-unsaturated/α-hetero) is 1. The van der Waals surface area contributed by atoms with E-state index in [2.05, 4.69) is 4.98 Å². The summed E-state index contributed by atoms with van der Waals surface area (Å²) in [5, 5.41) is 11.7. The standard InChI is InChI=1S/C24H19ClN2O5S/c1-12-4-6-15(7-5-12)19(28)17-18(14-8-10-16(25)11-9-14)27(22(30)20(17)29)24-26-13(2)21(33-24)23(31)32-3/h4-11,18,28H,1-3H3/b19-17+. The highest BCUT2D eigenvalue weighted by Crippen LogP contribution is 2.44. The van der Waals surface area contributed by atoms with E-state index in [1.54, 1.807) is 55.5 Å². The molecule has 0 radical (unpaired) electrons. The van der Waals surface area contributed by atoms with Gasteiger partial charge in [0.25, 0.3) is 5.78 Å². The number of aryl methyl sites for hydroxylation is 2. The predicted octanol–water partition coefficient (Wildman–Crippen LogP) is 4.83. The zero-order valence-electron chi connectivity index (χ0n) is 18.0. The lowest BCUT2D eigenvalue weighted by atomic mass is 9.95. The summed E-state index contributed by atoms with van der Waals surface area (Å²) in [6, 6.07) is 12.6. The lowest BCUT2D eigenvalue weighted by molar-refractivity contribution is -0.132. The zero-order chi connectivity index (χ0) is 23.9. The van der Waals surface area contributed by atoms with Gasteiger partial charge in [-0.05, 0) is 31.5 Å². The predicted molar refractivity (Wildman–Crippen MR) is 126 cm³/mol. The van der Waals surface area contributed by atoms with E-state index < -0.39 is 23.7 Å². The number of thiazole rings is 1. The highest BCUT2D eigenvalue weighted by molar-refractivity contribution is 7.17. The van der Waals surface area contributed by atoms with Gasteiger partial charge in [0.15, 0.2) is 5.13 Å². The van der Waals surface area contributed by atoms with Gasteiger partial charge in [-0.3, -0.25) is 14.5 Å². The number of anilines is 1. The maximum Gasteiger partial charge on any atom is 0.350 e. The van der Waals surface area contributed by atoms with E-state index in [4.69, 9.17) is 16.3 Å². The molecule has 2 aromatic carbocycles. The van der Waals surface area contributed by atoms with Gasteiger partial charge >= 0.3 is 11.9 Å². The topological polar surface area (TPSA) is 96.8 Å². The largest absolute Gasteiger partial charge is 0.507 e. The number of aliphatic hydroxyl groups is 1. The molecule has 1 amide bonds. The molecule has 1 saturated heterocycles. The highest BCUT2D eigenvalue weighted by Gasteiger charge is 2.48. The second-order valence-corrected chi connectivity index (χ2v) is 8.90. The minimum Gasteiger partial charge on any atom is -0.507 e. The lowest BCUT2D eigenvalue weighted by Gasteiger charge is -2.23. The van der Waals surface area contributed by atoms with Crippen molar-refractivity contribution in [2.75, 3.05) is 12.0 Å². The number of aromatic nitrogens is 1. The van der Waals surface area contributed by atoms with Gasteiger partial charge < -0.3 is 9.84 Å². The number of hydrogen-bond acceptors (Lipinski definition) is 7. The number of benzene rings is 2. The molecule has 1 fully saturated rings. The average molecular weight is 483 g/mol. The number of rotatable bonds is 4. The van der Waals surface area contributed by atoms with Crippen LogP contribution in [0, 0.1) is 13.8 Å². The molecule has 1 aliphatic heterocycles. The fourth-order valence-corrected chi connectivity index (χ4v) is 4.76. The second-order valence-electron chi connectivity index (χ2n) is 7.49. The number of aliphatic hydroxyl groups excluding tert-OH is 1. The SMILES string of the molecule is COC(=O)c1sc(N2C(=O)C(=O)/C(=C(/O)c3ccc(C)cc3)C2c2ccc(Cl)cc2)nc1C. The summed E-state index contributed by atoms with van der Waals surface area (Å²) < 4.78 is 4.79. The van der Waals surface area contributed by atoms with E-state index in [0.29, 0.717) is 21.8 Å². The number of halogens is 1. The van der Waals surface area contributed by atoms with E-state index in [-0.39, 0.29) is 21.3 Å². The van der Waals surface area contributed by atoms with Crippen molar-refractivity contribution in [3.05, 3.63) is 86.4 Å². The van der Waals surface area contributed by atoms with Crippen LogP contribution in [0.2, 0.25) is 5.02 Å². The van der Waals surface area contributed by atoms with Crippen molar-refractivity contribution in [1.82, 2.24) is 4.98 Å². The van der Waals surface area contributed by atoms with Crippen molar-refractivity contribution in [3.63, 3.8) is 0 Å². The normalized spacial score (nSPS) is 17.5. The van der Waals surface area contributed by atoms with Crippen LogP contribution in [0.1, 0.15) is 38.1 Å². The summed E-state index contributed by atoms with van der Waals surface area (Å²) >= 11 is 6.99. The second kappa shape index (κ2) is 8.80. The van der Waals surface area contributed by atoms with E-state index in [0.717, 1.165) is 16.9 Å². The van der Waals surface area contributed by atoms with Crippen LogP contribution < -0.4 is 4.90 Å². The Bertz CT molecular complexity index is 1300. The molecule has 9 heteroatoms. The van der Waals surface area contributed by atoms with Crippen molar-refractivity contribution in [2.45, 2.75) is 19.9 Å². The summed E-state index contributed by atoms with van der Waals surface area (Å²) in [7, 11) is 1.25. The summed E-state index contributed by atoms with van der Waals surface area (Å²) in [5.41, 5.74) is 2.24. The Morgan fingerprint density at radius 1 is 1.09 bits per heavy atom. The molecule has 168 valence electrons. The number of esters is 1. The number of carbonyl (C=O) groups is 3. The fraction of sp³-hybridized carbons (Fsp3) is 0.167. The molecule has 0 bridgehead atoms. The Morgan fingerprint density at radius 3 is 2.33 bits per heavy atom. The van der Waals surface area contributed by atoms with Gasteiger partial charge in [-0.15, -0.1) is 0 Å². The van der Waals surface area contributed by atoms with Crippen LogP contribution in [-0.4, -0.2) is 34.9 Å². The molecule has 1 atom stereocenters. The van der Waals surface area contributed by atoms with Crippen molar-refractivity contribution in [3.8, 4) is 0 Å². The first-order valence-corrected chi connectivity index (χ1v) is 11.1. The first-order valence-electron chi connectivity index (χ1n) is 9.92.